The lowest BCUT2D eigenvalue weighted by atomic mass is 9.83. The maximum Gasteiger partial charge on any atom is 0.303 e. The second-order valence-electron chi connectivity index (χ2n) is 5.60. The molecule has 0 heterocycles. The van der Waals surface area contributed by atoms with E-state index in [9.17, 15) is 4.79 Å². The van der Waals surface area contributed by atoms with E-state index in [1.165, 1.54) is 11.1 Å². The molecule has 1 saturated carbocycles. The molecular formula is C16H22O3. The van der Waals surface area contributed by atoms with Crippen molar-refractivity contribution in [2.75, 3.05) is 7.11 Å². The van der Waals surface area contributed by atoms with E-state index >= 15 is 0 Å². The third-order valence-electron chi connectivity index (χ3n) is 4.28. The van der Waals surface area contributed by atoms with Crippen LogP contribution in [0.2, 0.25) is 0 Å². The first-order chi connectivity index (χ1) is 8.95. The summed E-state index contributed by atoms with van der Waals surface area (Å²) in [5.74, 6) is 0.885. The lowest BCUT2D eigenvalue weighted by Crippen LogP contribution is -2.12. The molecule has 3 nitrogen and oxygen atoms in total. The zero-order chi connectivity index (χ0) is 14.2. The van der Waals surface area contributed by atoms with Gasteiger partial charge in [0.1, 0.15) is 5.75 Å². The van der Waals surface area contributed by atoms with E-state index in [2.05, 4.69) is 13.8 Å². The molecule has 2 rings (SSSR count). The smallest absolute Gasteiger partial charge is 0.303 e. The molecule has 1 N–H and O–H groups in total. The maximum atomic E-state index is 11.1. The van der Waals surface area contributed by atoms with E-state index in [-0.39, 0.29) is 12.3 Å². The molecule has 1 aromatic rings. The number of hydrogen-bond donors (Lipinski definition) is 1. The summed E-state index contributed by atoms with van der Waals surface area (Å²) < 4.78 is 5.38. The first kappa shape index (κ1) is 13.9. The summed E-state index contributed by atoms with van der Waals surface area (Å²) in [5.41, 5.74) is 4.69. The number of benzene rings is 1. The van der Waals surface area contributed by atoms with Crippen LogP contribution in [0.5, 0.6) is 5.75 Å². The van der Waals surface area contributed by atoms with Gasteiger partial charge in [-0.05, 0) is 73.8 Å². The van der Waals surface area contributed by atoms with E-state index in [4.69, 9.17) is 9.84 Å². The topological polar surface area (TPSA) is 46.5 Å². The summed E-state index contributed by atoms with van der Waals surface area (Å²) in [6.45, 7) is 6.18. The molecule has 1 atom stereocenters. The van der Waals surface area contributed by atoms with Gasteiger partial charge in [0.25, 0.3) is 0 Å². The Kier molecular flexibility index (Phi) is 3.83. The summed E-state index contributed by atoms with van der Waals surface area (Å²) in [7, 11) is 1.68. The van der Waals surface area contributed by atoms with Crippen LogP contribution < -0.4 is 4.74 Å². The van der Waals surface area contributed by atoms with Gasteiger partial charge in [-0.25, -0.2) is 0 Å². The summed E-state index contributed by atoms with van der Waals surface area (Å²) in [4.78, 5) is 11.1. The lowest BCUT2D eigenvalue weighted by molar-refractivity contribution is -0.137. The van der Waals surface area contributed by atoms with Crippen LogP contribution in [0.4, 0.5) is 0 Å². The number of aryl methyl sites for hydroxylation is 1. The van der Waals surface area contributed by atoms with Crippen LogP contribution in [-0.4, -0.2) is 18.2 Å². The Labute approximate surface area is 114 Å². The normalized spacial score (nSPS) is 16.2. The fraction of sp³-hybridized carbons (Fsp3) is 0.562. The van der Waals surface area contributed by atoms with Gasteiger partial charge in [0.05, 0.1) is 13.5 Å². The van der Waals surface area contributed by atoms with E-state index in [0.29, 0.717) is 5.92 Å². The Hall–Kier alpha value is -1.51. The van der Waals surface area contributed by atoms with Gasteiger partial charge in [-0.3, -0.25) is 4.79 Å². The standard InChI is InChI=1S/C16H22O3/c1-9-7-14(19-4)10(2)11(3)16(9)13(8-15(17)18)12-5-6-12/h7,12-13H,5-6,8H2,1-4H3,(H,17,18). The predicted octanol–water partition coefficient (Wildman–Crippen LogP) is 3.59. The van der Waals surface area contributed by atoms with Crippen LogP contribution in [0, 0.1) is 26.7 Å². The van der Waals surface area contributed by atoms with E-state index in [0.717, 1.165) is 29.7 Å². The van der Waals surface area contributed by atoms with Crippen LogP contribution >= 0.6 is 0 Å². The second kappa shape index (κ2) is 5.24. The largest absolute Gasteiger partial charge is 0.496 e. The zero-order valence-corrected chi connectivity index (χ0v) is 12.1. The van der Waals surface area contributed by atoms with Gasteiger partial charge in [-0.2, -0.15) is 0 Å². The average Bonchev–Trinajstić information content (AvgIpc) is 3.16. The molecule has 104 valence electrons. The van der Waals surface area contributed by atoms with Crippen LogP contribution in [-0.2, 0) is 4.79 Å². The monoisotopic (exact) mass is 262 g/mol. The molecule has 0 saturated heterocycles. The summed E-state index contributed by atoms with van der Waals surface area (Å²) in [6, 6.07) is 2.04. The molecule has 0 radical (unpaired) electrons. The summed E-state index contributed by atoms with van der Waals surface area (Å²) in [5, 5.41) is 9.15. The average molecular weight is 262 g/mol. The first-order valence-corrected chi connectivity index (χ1v) is 6.82. The van der Waals surface area contributed by atoms with Crippen molar-refractivity contribution in [3.05, 3.63) is 28.3 Å². The number of ether oxygens (including phenoxy) is 1. The lowest BCUT2D eigenvalue weighted by Gasteiger charge is -2.23. The molecule has 3 heteroatoms. The third kappa shape index (κ3) is 2.75. The minimum atomic E-state index is -0.704. The molecule has 1 unspecified atom stereocenters. The molecule has 0 spiro atoms. The second-order valence-corrected chi connectivity index (χ2v) is 5.60. The minimum absolute atomic E-state index is 0.155. The number of carboxylic acids is 1. The van der Waals surface area contributed by atoms with Crippen molar-refractivity contribution >= 4 is 5.97 Å². The fourth-order valence-electron chi connectivity index (χ4n) is 3.04. The van der Waals surface area contributed by atoms with Crippen LogP contribution in [0.1, 0.15) is 47.4 Å². The molecule has 1 aromatic carbocycles. The van der Waals surface area contributed by atoms with E-state index < -0.39 is 5.97 Å². The molecular weight excluding hydrogens is 240 g/mol. The number of carboxylic acid groups (broad SMARTS) is 1. The summed E-state index contributed by atoms with van der Waals surface area (Å²) >= 11 is 0. The third-order valence-corrected chi connectivity index (χ3v) is 4.28. The van der Waals surface area contributed by atoms with Crippen molar-refractivity contribution < 1.29 is 14.6 Å². The number of hydrogen-bond acceptors (Lipinski definition) is 2. The van der Waals surface area contributed by atoms with Gasteiger partial charge in [0.15, 0.2) is 0 Å². The highest BCUT2D eigenvalue weighted by Crippen LogP contribution is 2.47. The van der Waals surface area contributed by atoms with Gasteiger partial charge >= 0.3 is 5.97 Å². The highest BCUT2D eigenvalue weighted by atomic mass is 16.5. The van der Waals surface area contributed by atoms with Gasteiger partial charge in [-0.15, -0.1) is 0 Å². The highest BCUT2D eigenvalue weighted by Gasteiger charge is 2.35. The number of aliphatic carboxylic acids is 1. The van der Waals surface area contributed by atoms with Crippen molar-refractivity contribution in [1.29, 1.82) is 0 Å². The fourth-order valence-corrected chi connectivity index (χ4v) is 3.04. The Balaban J connectivity index is 2.47. The minimum Gasteiger partial charge on any atom is -0.496 e. The quantitative estimate of drug-likeness (QED) is 0.882. The van der Waals surface area contributed by atoms with Crippen molar-refractivity contribution in [3.8, 4) is 5.75 Å². The number of carbonyl (C=O) groups is 1. The number of methoxy groups -OCH3 is 1. The molecule has 19 heavy (non-hydrogen) atoms. The predicted molar refractivity (Wildman–Crippen MR) is 74.9 cm³/mol. The van der Waals surface area contributed by atoms with Gasteiger partial charge < -0.3 is 9.84 Å². The molecule has 0 aromatic heterocycles. The SMILES string of the molecule is COc1cc(C)c(C(CC(=O)O)C2CC2)c(C)c1C. The van der Waals surface area contributed by atoms with Gasteiger partial charge in [0.2, 0.25) is 0 Å². The van der Waals surface area contributed by atoms with Crippen molar-refractivity contribution in [3.63, 3.8) is 0 Å². The Bertz CT molecular complexity index is 501. The Morgan fingerprint density at radius 3 is 2.47 bits per heavy atom. The molecule has 1 aliphatic carbocycles. The molecule has 0 aliphatic heterocycles. The van der Waals surface area contributed by atoms with Crippen LogP contribution in [0.25, 0.3) is 0 Å². The number of rotatable bonds is 5. The van der Waals surface area contributed by atoms with Gasteiger partial charge in [-0.1, -0.05) is 0 Å². The molecule has 0 bridgehead atoms. The van der Waals surface area contributed by atoms with E-state index in [1.54, 1.807) is 7.11 Å². The Morgan fingerprint density at radius 2 is 2.00 bits per heavy atom. The van der Waals surface area contributed by atoms with E-state index in [1.807, 2.05) is 13.0 Å². The molecule has 0 amide bonds. The highest BCUT2D eigenvalue weighted by molar-refractivity contribution is 5.69. The van der Waals surface area contributed by atoms with Crippen LogP contribution in [0.3, 0.4) is 0 Å². The van der Waals surface area contributed by atoms with Crippen molar-refractivity contribution in [1.82, 2.24) is 0 Å². The Morgan fingerprint density at radius 1 is 1.37 bits per heavy atom. The first-order valence-electron chi connectivity index (χ1n) is 6.82. The molecule has 1 fully saturated rings. The van der Waals surface area contributed by atoms with Crippen molar-refractivity contribution in [2.24, 2.45) is 5.92 Å². The van der Waals surface area contributed by atoms with Crippen LogP contribution in [0.15, 0.2) is 6.07 Å². The summed E-state index contributed by atoms with van der Waals surface area (Å²) in [6.07, 6.45) is 2.54. The van der Waals surface area contributed by atoms with Crippen molar-refractivity contribution in [2.45, 2.75) is 46.0 Å². The maximum absolute atomic E-state index is 11.1. The molecule has 1 aliphatic rings. The zero-order valence-electron chi connectivity index (χ0n) is 12.1. The van der Waals surface area contributed by atoms with Gasteiger partial charge in [0, 0.05) is 0 Å².